The minimum absolute atomic E-state index is 0.260. The standard InChI is InChI=1S/C24H39N5O5/c1-2-3-4-6-11-16-27-22(31)28(17-12-7-5-10-15-26-21-30)24(33)29(23(27)32)18-13-8-9-14-19-34-20-25/h2-19H2,1H3. The van der Waals surface area contributed by atoms with Crippen molar-refractivity contribution >= 4 is 6.08 Å². The van der Waals surface area contributed by atoms with E-state index in [9.17, 15) is 19.2 Å². The van der Waals surface area contributed by atoms with E-state index in [-0.39, 0.29) is 13.1 Å². The molecule has 10 nitrogen and oxygen atoms in total. The number of hydrogen-bond acceptors (Lipinski definition) is 7. The quantitative estimate of drug-likeness (QED) is 0.123. The molecule has 10 heteroatoms. The van der Waals surface area contributed by atoms with Crippen LogP contribution in [0, 0.1) is 11.5 Å². The Balaban J connectivity index is 2.88. The summed E-state index contributed by atoms with van der Waals surface area (Å²) in [5.74, 6) is 0. The maximum Gasteiger partial charge on any atom is 0.336 e. The SMILES string of the molecule is CCCCCCCn1c(=O)n(CCCCCCN=C=O)c(=O)n(CCCCCCOC#N)c1=O. The third kappa shape index (κ3) is 10.8. The molecule has 34 heavy (non-hydrogen) atoms. The van der Waals surface area contributed by atoms with E-state index >= 15 is 0 Å². The molecule has 0 amide bonds. The second-order valence-electron chi connectivity index (χ2n) is 8.46. The fraction of sp³-hybridized carbons (Fsp3) is 0.792. The monoisotopic (exact) mass is 477 g/mol. The van der Waals surface area contributed by atoms with Crippen molar-refractivity contribution in [1.82, 2.24) is 13.7 Å². The van der Waals surface area contributed by atoms with Crippen LogP contribution in [-0.2, 0) is 29.2 Å². The molecular formula is C24H39N5O5. The highest BCUT2D eigenvalue weighted by Crippen LogP contribution is 2.04. The average molecular weight is 478 g/mol. The van der Waals surface area contributed by atoms with E-state index in [2.05, 4.69) is 16.7 Å². The molecule has 0 N–H and O–H groups in total. The zero-order chi connectivity index (χ0) is 25.0. The van der Waals surface area contributed by atoms with E-state index < -0.39 is 17.1 Å². The van der Waals surface area contributed by atoms with E-state index in [0.717, 1.165) is 70.6 Å². The van der Waals surface area contributed by atoms with E-state index in [1.165, 1.54) is 19.8 Å². The summed E-state index contributed by atoms with van der Waals surface area (Å²) < 4.78 is 8.25. The number of isocyanates is 1. The summed E-state index contributed by atoms with van der Waals surface area (Å²) in [6.45, 7) is 3.77. The Bertz CT molecular complexity index is 966. The number of nitriles is 1. The van der Waals surface area contributed by atoms with E-state index in [1.807, 2.05) is 0 Å². The molecule has 0 atom stereocenters. The molecule has 1 aromatic rings. The van der Waals surface area contributed by atoms with Crippen LogP contribution in [0.1, 0.15) is 90.4 Å². The van der Waals surface area contributed by atoms with Crippen molar-refractivity contribution in [2.24, 2.45) is 4.99 Å². The summed E-state index contributed by atoms with van der Waals surface area (Å²) in [5.41, 5.74) is -1.60. The van der Waals surface area contributed by atoms with Crippen LogP contribution in [0.3, 0.4) is 0 Å². The molecule has 0 aromatic carbocycles. The van der Waals surface area contributed by atoms with Crippen molar-refractivity contribution in [2.75, 3.05) is 13.2 Å². The summed E-state index contributed by atoms with van der Waals surface area (Å²) >= 11 is 0. The Morgan fingerprint density at radius 3 is 1.59 bits per heavy atom. The summed E-state index contributed by atoms with van der Waals surface area (Å²) in [4.78, 5) is 52.6. The molecule has 1 heterocycles. The number of unbranched alkanes of at least 4 members (excludes halogenated alkanes) is 10. The van der Waals surface area contributed by atoms with Crippen LogP contribution in [0.15, 0.2) is 19.4 Å². The Morgan fingerprint density at radius 2 is 1.15 bits per heavy atom. The van der Waals surface area contributed by atoms with Gasteiger partial charge in [0.2, 0.25) is 6.08 Å². The first-order valence-electron chi connectivity index (χ1n) is 12.6. The van der Waals surface area contributed by atoms with Crippen LogP contribution < -0.4 is 17.1 Å². The van der Waals surface area contributed by atoms with Crippen molar-refractivity contribution in [3.8, 4) is 6.26 Å². The molecule has 1 rings (SSSR count). The Labute approximate surface area is 200 Å². The Morgan fingerprint density at radius 1 is 0.706 bits per heavy atom. The van der Waals surface area contributed by atoms with Crippen LogP contribution in [0.2, 0.25) is 0 Å². The zero-order valence-corrected chi connectivity index (χ0v) is 20.5. The van der Waals surface area contributed by atoms with Crippen LogP contribution in [0.4, 0.5) is 0 Å². The number of nitrogens with zero attached hydrogens (tertiary/aromatic N) is 5. The van der Waals surface area contributed by atoms with Crippen LogP contribution in [0.25, 0.3) is 0 Å². The van der Waals surface area contributed by atoms with Gasteiger partial charge in [0, 0.05) is 19.6 Å². The summed E-state index contributed by atoms with van der Waals surface area (Å²) in [7, 11) is 0. The van der Waals surface area contributed by atoms with Crippen LogP contribution in [0.5, 0.6) is 0 Å². The van der Waals surface area contributed by atoms with Crippen molar-refractivity contribution in [3.05, 3.63) is 31.5 Å². The van der Waals surface area contributed by atoms with Crippen LogP contribution >= 0.6 is 0 Å². The van der Waals surface area contributed by atoms with Crippen LogP contribution in [-0.4, -0.2) is 32.9 Å². The maximum absolute atomic E-state index is 13.0. The highest BCUT2D eigenvalue weighted by atomic mass is 16.5. The van der Waals surface area contributed by atoms with Crippen molar-refractivity contribution < 1.29 is 9.53 Å². The van der Waals surface area contributed by atoms with Gasteiger partial charge in [0.05, 0.1) is 6.54 Å². The molecule has 0 saturated heterocycles. The molecular weight excluding hydrogens is 438 g/mol. The molecule has 0 fully saturated rings. The molecule has 0 aliphatic rings. The van der Waals surface area contributed by atoms with Crippen molar-refractivity contribution in [2.45, 2.75) is 110 Å². The van der Waals surface area contributed by atoms with E-state index in [1.54, 1.807) is 6.26 Å². The van der Waals surface area contributed by atoms with Gasteiger partial charge in [-0.3, -0.25) is 0 Å². The first-order chi connectivity index (χ1) is 16.6. The lowest BCUT2D eigenvalue weighted by Gasteiger charge is -2.14. The van der Waals surface area contributed by atoms with Gasteiger partial charge in [-0.05, 0) is 38.5 Å². The molecule has 1 aromatic heterocycles. The van der Waals surface area contributed by atoms with Gasteiger partial charge in [0.25, 0.3) is 6.26 Å². The third-order valence-corrected chi connectivity index (χ3v) is 5.78. The van der Waals surface area contributed by atoms with Gasteiger partial charge in [0.1, 0.15) is 6.61 Å². The highest BCUT2D eigenvalue weighted by Gasteiger charge is 2.15. The largest absolute Gasteiger partial charge is 0.428 e. The summed E-state index contributed by atoms with van der Waals surface area (Å²) in [6.07, 6.45) is 14.1. The van der Waals surface area contributed by atoms with Crippen molar-refractivity contribution in [1.29, 1.82) is 5.26 Å². The molecule has 0 radical (unpaired) electrons. The van der Waals surface area contributed by atoms with Gasteiger partial charge in [0.15, 0.2) is 0 Å². The number of hydrogen-bond donors (Lipinski definition) is 0. The highest BCUT2D eigenvalue weighted by molar-refractivity contribution is 5.32. The predicted octanol–water partition coefficient (Wildman–Crippen LogP) is 3.10. The Kier molecular flexibility index (Phi) is 15.8. The number of rotatable bonds is 20. The number of ether oxygens (including phenoxy) is 1. The van der Waals surface area contributed by atoms with Gasteiger partial charge < -0.3 is 4.74 Å². The summed E-state index contributed by atoms with van der Waals surface area (Å²) in [6, 6.07) is 0. The fourth-order valence-corrected chi connectivity index (χ4v) is 3.83. The average Bonchev–Trinajstić information content (AvgIpc) is 2.83. The fourth-order valence-electron chi connectivity index (χ4n) is 3.83. The lowest BCUT2D eigenvalue weighted by atomic mass is 10.1. The van der Waals surface area contributed by atoms with Gasteiger partial charge in [-0.25, -0.2) is 37.9 Å². The maximum atomic E-state index is 13.0. The number of carbonyl (C=O) groups excluding carboxylic acids is 1. The van der Waals surface area contributed by atoms with Crippen molar-refractivity contribution in [3.63, 3.8) is 0 Å². The molecule has 0 aliphatic heterocycles. The van der Waals surface area contributed by atoms with E-state index in [0.29, 0.717) is 32.5 Å². The zero-order valence-electron chi connectivity index (χ0n) is 20.5. The molecule has 0 saturated carbocycles. The molecule has 0 bridgehead atoms. The lowest BCUT2D eigenvalue weighted by Crippen LogP contribution is -2.54. The second kappa shape index (κ2) is 18.5. The van der Waals surface area contributed by atoms with Gasteiger partial charge >= 0.3 is 17.1 Å². The minimum atomic E-state index is -0.546. The minimum Gasteiger partial charge on any atom is -0.428 e. The van der Waals surface area contributed by atoms with E-state index in [4.69, 9.17) is 5.26 Å². The summed E-state index contributed by atoms with van der Waals surface area (Å²) in [5, 5.41) is 8.39. The first kappa shape index (κ1) is 29.1. The topological polar surface area (TPSA) is 128 Å². The second-order valence-corrected chi connectivity index (χ2v) is 8.46. The molecule has 0 aliphatic carbocycles. The van der Waals surface area contributed by atoms with Gasteiger partial charge in [-0.15, -0.1) is 0 Å². The first-order valence-corrected chi connectivity index (χ1v) is 12.6. The third-order valence-electron chi connectivity index (χ3n) is 5.78. The molecule has 190 valence electrons. The van der Waals surface area contributed by atoms with Gasteiger partial charge in [-0.2, -0.15) is 5.26 Å². The number of aliphatic imine (C=N–C) groups is 1. The molecule has 0 spiro atoms. The van der Waals surface area contributed by atoms with Gasteiger partial charge in [-0.1, -0.05) is 51.9 Å². The Hall–Kier alpha value is -2.92. The number of aromatic nitrogens is 3. The smallest absolute Gasteiger partial charge is 0.336 e. The lowest BCUT2D eigenvalue weighted by molar-refractivity contribution is 0.259. The molecule has 0 unspecified atom stereocenters. The normalized spacial score (nSPS) is 10.6. The predicted molar refractivity (Wildman–Crippen MR) is 129 cm³/mol.